The molecule has 0 aliphatic heterocycles. The zero-order chi connectivity index (χ0) is 20.6. The molecule has 2 N–H and O–H groups in total. The van der Waals surface area contributed by atoms with Gasteiger partial charge in [-0.3, -0.25) is 5.32 Å². The lowest BCUT2D eigenvalue weighted by atomic mass is 9.72. The van der Waals surface area contributed by atoms with Gasteiger partial charge in [0.25, 0.3) is 0 Å². The molecular weight excluding hydrogens is 392 g/mol. The number of urea groups is 1. The Morgan fingerprint density at radius 3 is 2.28 bits per heavy atom. The number of aromatic nitrogens is 2. The summed E-state index contributed by atoms with van der Waals surface area (Å²) in [6.45, 7) is 0. The van der Waals surface area contributed by atoms with Crippen molar-refractivity contribution in [3.05, 3.63) is 60.2 Å². The summed E-state index contributed by atoms with van der Waals surface area (Å²) < 4.78 is 57.7. The van der Waals surface area contributed by atoms with Crippen LogP contribution in [0, 0.1) is 0 Å². The second-order valence-electron chi connectivity index (χ2n) is 6.61. The number of nitrogens with one attached hydrogen (secondary N) is 2. The van der Waals surface area contributed by atoms with Gasteiger partial charge in [0.05, 0.1) is 5.92 Å². The summed E-state index contributed by atoms with van der Waals surface area (Å²) in [7, 11) is 0. The van der Waals surface area contributed by atoms with Crippen LogP contribution in [0.3, 0.4) is 0 Å². The smallest absolute Gasteiger partial charge is 0.308 e. The summed E-state index contributed by atoms with van der Waals surface area (Å²) in [6.07, 6.45) is -0.908. The number of benzene rings is 2. The van der Waals surface area contributed by atoms with Crippen molar-refractivity contribution in [1.29, 1.82) is 0 Å². The molecule has 3 aromatic rings. The highest BCUT2D eigenvalue weighted by Gasteiger charge is 2.71. The summed E-state index contributed by atoms with van der Waals surface area (Å²) in [5.74, 6) is -9.51. The molecule has 29 heavy (non-hydrogen) atoms. The lowest BCUT2D eigenvalue weighted by Gasteiger charge is -2.44. The molecule has 0 radical (unpaired) electrons. The summed E-state index contributed by atoms with van der Waals surface area (Å²) in [5.41, 5.74) is 1.40. The first-order chi connectivity index (χ1) is 13.8. The molecule has 1 aliphatic carbocycles. The van der Waals surface area contributed by atoms with E-state index in [1.165, 1.54) is 24.3 Å². The van der Waals surface area contributed by atoms with Crippen molar-refractivity contribution in [1.82, 2.24) is 10.3 Å². The Morgan fingerprint density at radius 1 is 0.966 bits per heavy atom. The molecule has 1 aromatic heterocycles. The Kier molecular flexibility index (Phi) is 4.48. The first-order valence-corrected chi connectivity index (χ1v) is 8.59. The highest BCUT2D eigenvalue weighted by atomic mass is 19.3. The number of hydrogen-bond acceptors (Lipinski definition) is 4. The van der Waals surface area contributed by atoms with E-state index in [4.69, 9.17) is 0 Å². The monoisotopic (exact) mass is 406 g/mol. The van der Waals surface area contributed by atoms with Crippen LogP contribution in [0.25, 0.3) is 11.3 Å². The number of carbonyl (C=O) groups is 1. The number of hydrogen-bond donors (Lipinski definition) is 2. The van der Waals surface area contributed by atoms with Gasteiger partial charge in [0, 0.05) is 17.7 Å². The van der Waals surface area contributed by atoms with E-state index in [1.807, 2.05) is 6.07 Å². The van der Waals surface area contributed by atoms with Crippen molar-refractivity contribution in [3.63, 3.8) is 0 Å². The number of rotatable bonds is 4. The number of alkyl halides is 4. The van der Waals surface area contributed by atoms with Crippen molar-refractivity contribution in [3.8, 4) is 11.3 Å². The molecule has 0 bridgehead atoms. The molecule has 1 atom stereocenters. The quantitative estimate of drug-likeness (QED) is 0.588. The molecule has 2 amide bonds. The Labute approximate surface area is 161 Å². The fourth-order valence-corrected chi connectivity index (χ4v) is 3.10. The second kappa shape index (κ2) is 6.87. The van der Waals surface area contributed by atoms with Gasteiger partial charge >= 0.3 is 17.9 Å². The van der Waals surface area contributed by atoms with E-state index in [2.05, 4.69) is 25.6 Å². The third kappa shape index (κ3) is 3.41. The van der Waals surface area contributed by atoms with Gasteiger partial charge in [-0.1, -0.05) is 42.5 Å². The maximum atomic E-state index is 13.5. The Morgan fingerprint density at radius 2 is 1.66 bits per heavy atom. The van der Waals surface area contributed by atoms with Crippen molar-refractivity contribution >= 4 is 17.5 Å². The van der Waals surface area contributed by atoms with Gasteiger partial charge in [-0.05, 0) is 28.0 Å². The van der Waals surface area contributed by atoms with Crippen LogP contribution in [-0.4, -0.2) is 28.2 Å². The predicted molar refractivity (Wildman–Crippen MR) is 96.1 cm³/mol. The average molecular weight is 406 g/mol. The van der Waals surface area contributed by atoms with Crippen LogP contribution in [-0.2, 0) is 0 Å². The lowest BCUT2D eigenvalue weighted by Crippen LogP contribution is -2.56. The van der Waals surface area contributed by atoms with E-state index >= 15 is 0 Å². The van der Waals surface area contributed by atoms with E-state index in [-0.39, 0.29) is 11.4 Å². The van der Waals surface area contributed by atoms with E-state index < -0.39 is 30.2 Å². The minimum absolute atomic E-state index is 0.0824. The molecule has 1 aliphatic rings. The van der Waals surface area contributed by atoms with Gasteiger partial charge in [0.2, 0.25) is 5.82 Å². The largest absolute Gasteiger partial charge is 0.325 e. The number of halogens is 4. The SMILES string of the molecule is O=C(Nc1ccc(C2CC(F)(F)C2(F)F)cc1)Nc1nonc1-c1ccccc1. The minimum atomic E-state index is -4.08. The standard InChI is InChI=1S/C19H14F4N4O2/c20-18(21)10-14(19(18,22)23)11-6-8-13(9-7-11)24-17(28)25-16-15(26-29-27-16)12-4-2-1-3-5-12/h1-9,14H,10H2,(H2,24,25,27,28). The van der Waals surface area contributed by atoms with Crippen LogP contribution in [0.5, 0.6) is 0 Å². The Balaban J connectivity index is 1.41. The molecule has 1 heterocycles. The second-order valence-corrected chi connectivity index (χ2v) is 6.61. The molecule has 2 aromatic carbocycles. The molecule has 1 saturated carbocycles. The summed E-state index contributed by atoms with van der Waals surface area (Å²) in [5, 5.41) is 12.4. The molecule has 1 fully saturated rings. The van der Waals surface area contributed by atoms with Crippen LogP contribution >= 0.6 is 0 Å². The first-order valence-electron chi connectivity index (χ1n) is 8.59. The van der Waals surface area contributed by atoms with Gasteiger partial charge < -0.3 is 5.32 Å². The minimum Gasteiger partial charge on any atom is -0.308 e. The van der Waals surface area contributed by atoms with E-state index in [0.29, 0.717) is 16.9 Å². The van der Waals surface area contributed by atoms with Crippen molar-refractivity contribution < 1.29 is 27.0 Å². The number of amides is 2. The van der Waals surface area contributed by atoms with Gasteiger partial charge in [-0.15, -0.1) is 0 Å². The van der Waals surface area contributed by atoms with E-state index in [0.717, 1.165) is 0 Å². The maximum absolute atomic E-state index is 13.5. The highest BCUT2D eigenvalue weighted by molar-refractivity contribution is 6.00. The number of nitrogens with zero attached hydrogens (tertiary/aromatic N) is 2. The zero-order valence-electron chi connectivity index (χ0n) is 14.7. The normalized spacial score (nSPS) is 19.2. The Bertz CT molecular complexity index is 1020. The third-order valence-electron chi connectivity index (χ3n) is 4.72. The van der Waals surface area contributed by atoms with E-state index in [9.17, 15) is 22.4 Å². The van der Waals surface area contributed by atoms with Crippen LogP contribution in [0.15, 0.2) is 59.2 Å². The number of anilines is 2. The summed E-state index contributed by atoms with van der Waals surface area (Å²) in [4.78, 5) is 12.2. The summed E-state index contributed by atoms with van der Waals surface area (Å²) in [6, 6.07) is 13.6. The molecule has 1 unspecified atom stereocenters. The van der Waals surface area contributed by atoms with Crippen LogP contribution in [0.4, 0.5) is 33.9 Å². The molecule has 6 nitrogen and oxygen atoms in total. The van der Waals surface area contributed by atoms with Crippen LogP contribution in [0.1, 0.15) is 17.9 Å². The van der Waals surface area contributed by atoms with Crippen molar-refractivity contribution in [2.24, 2.45) is 0 Å². The molecule has 0 saturated heterocycles. The molecule has 4 rings (SSSR count). The van der Waals surface area contributed by atoms with Gasteiger partial charge in [-0.2, -0.15) is 17.6 Å². The van der Waals surface area contributed by atoms with Gasteiger partial charge in [0.15, 0.2) is 5.69 Å². The van der Waals surface area contributed by atoms with Crippen molar-refractivity contribution in [2.45, 2.75) is 24.2 Å². The fraction of sp³-hybridized carbons (Fsp3) is 0.211. The van der Waals surface area contributed by atoms with Gasteiger partial charge in [-0.25, -0.2) is 9.42 Å². The fourth-order valence-electron chi connectivity index (χ4n) is 3.10. The third-order valence-corrected chi connectivity index (χ3v) is 4.72. The van der Waals surface area contributed by atoms with E-state index in [1.54, 1.807) is 24.3 Å². The highest BCUT2D eigenvalue weighted by Crippen LogP contribution is 2.59. The topological polar surface area (TPSA) is 80.0 Å². The van der Waals surface area contributed by atoms with Crippen molar-refractivity contribution in [2.75, 3.05) is 10.6 Å². The van der Waals surface area contributed by atoms with Gasteiger partial charge in [0.1, 0.15) is 0 Å². The molecule has 0 spiro atoms. The van der Waals surface area contributed by atoms with Crippen LogP contribution in [0.2, 0.25) is 0 Å². The molecular formula is C19H14F4N4O2. The predicted octanol–water partition coefficient (Wildman–Crippen LogP) is 5.14. The Hall–Kier alpha value is -3.43. The van der Waals surface area contributed by atoms with Crippen LogP contribution < -0.4 is 10.6 Å². The lowest BCUT2D eigenvalue weighted by molar-refractivity contribution is -0.290. The first kappa shape index (κ1) is 18.9. The molecule has 150 valence electrons. The zero-order valence-corrected chi connectivity index (χ0v) is 14.7. The number of carbonyl (C=O) groups excluding carboxylic acids is 1. The molecule has 10 heteroatoms. The summed E-state index contributed by atoms with van der Waals surface area (Å²) >= 11 is 0. The average Bonchev–Trinajstić information content (AvgIpc) is 3.15. The maximum Gasteiger partial charge on any atom is 0.325 e.